The Morgan fingerprint density at radius 1 is 1.31 bits per heavy atom. The molecule has 1 saturated heterocycles. The molecule has 1 aliphatic rings. The maximum absolute atomic E-state index is 4.20. The van der Waals surface area contributed by atoms with Gasteiger partial charge >= 0.3 is 0 Å². The minimum absolute atomic E-state index is 0.800. The number of rotatable bonds is 4. The molecule has 0 atom stereocenters. The number of hydrogen-bond acceptors (Lipinski definition) is 5. The molecule has 1 aliphatic heterocycles. The Hall–Kier alpha value is -0.970. The highest BCUT2D eigenvalue weighted by Crippen LogP contribution is 2.22. The van der Waals surface area contributed by atoms with Gasteiger partial charge in [-0.2, -0.15) is 11.8 Å². The SMILES string of the molecule is CNc1cc(NCC2CCSCC2)ncn1. The van der Waals surface area contributed by atoms with Crippen molar-refractivity contribution < 1.29 is 0 Å². The van der Waals surface area contributed by atoms with Crippen LogP contribution in [0.2, 0.25) is 0 Å². The van der Waals surface area contributed by atoms with E-state index in [4.69, 9.17) is 0 Å². The molecule has 1 fully saturated rings. The van der Waals surface area contributed by atoms with Crippen LogP contribution in [0, 0.1) is 5.92 Å². The standard InChI is InChI=1S/C11H18N4S/c1-12-10-6-11(15-8-14-10)13-7-9-2-4-16-5-3-9/h6,8-9H,2-5,7H2,1H3,(H2,12,13,14,15). The minimum atomic E-state index is 0.800. The maximum atomic E-state index is 4.20. The third-order valence-corrected chi connectivity index (χ3v) is 3.88. The van der Waals surface area contributed by atoms with Crippen molar-refractivity contribution in [2.45, 2.75) is 12.8 Å². The molecule has 0 aliphatic carbocycles. The van der Waals surface area contributed by atoms with Crippen LogP contribution in [0.15, 0.2) is 12.4 Å². The highest BCUT2D eigenvalue weighted by Gasteiger charge is 2.13. The third kappa shape index (κ3) is 3.27. The zero-order valence-electron chi connectivity index (χ0n) is 9.57. The van der Waals surface area contributed by atoms with Crippen LogP contribution in [0.3, 0.4) is 0 Å². The number of nitrogens with zero attached hydrogens (tertiary/aromatic N) is 2. The van der Waals surface area contributed by atoms with Gasteiger partial charge in [0.2, 0.25) is 0 Å². The first-order valence-corrected chi connectivity index (χ1v) is 6.85. The molecule has 0 saturated carbocycles. The molecule has 1 aromatic heterocycles. The second-order valence-corrected chi connectivity index (χ2v) is 5.20. The van der Waals surface area contributed by atoms with Crippen molar-refractivity contribution in [1.29, 1.82) is 0 Å². The summed E-state index contributed by atoms with van der Waals surface area (Å²) in [5.41, 5.74) is 0. The van der Waals surface area contributed by atoms with E-state index in [1.807, 2.05) is 13.1 Å². The lowest BCUT2D eigenvalue weighted by atomic mass is 10.0. The molecule has 0 bridgehead atoms. The van der Waals surface area contributed by atoms with Crippen molar-refractivity contribution in [1.82, 2.24) is 9.97 Å². The van der Waals surface area contributed by atoms with Gasteiger partial charge in [-0.1, -0.05) is 0 Å². The molecule has 88 valence electrons. The van der Waals surface area contributed by atoms with Crippen LogP contribution in [-0.2, 0) is 0 Å². The van der Waals surface area contributed by atoms with E-state index in [1.165, 1.54) is 24.3 Å². The van der Waals surface area contributed by atoms with E-state index in [2.05, 4.69) is 32.4 Å². The summed E-state index contributed by atoms with van der Waals surface area (Å²) in [4.78, 5) is 8.29. The van der Waals surface area contributed by atoms with Crippen LogP contribution in [0.25, 0.3) is 0 Å². The van der Waals surface area contributed by atoms with E-state index < -0.39 is 0 Å². The predicted octanol–water partition coefficient (Wildman–Crippen LogP) is 2.07. The van der Waals surface area contributed by atoms with E-state index >= 15 is 0 Å². The van der Waals surface area contributed by atoms with Crippen molar-refractivity contribution in [3.8, 4) is 0 Å². The van der Waals surface area contributed by atoms with E-state index in [-0.39, 0.29) is 0 Å². The highest BCUT2D eigenvalue weighted by molar-refractivity contribution is 7.99. The van der Waals surface area contributed by atoms with Gasteiger partial charge in [-0.25, -0.2) is 9.97 Å². The lowest BCUT2D eigenvalue weighted by Gasteiger charge is -2.21. The van der Waals surface area contributed by atoms with Gasteiger partial charge in [-0.3, -0.25) is 0 Å². The Kier molecular flexibility index (Phi) is 4.27. The van der Waals surface area contributed by atoms with Gasteiger partial charge in [0.1, 0.15) is 18.0 Å². The first-order chi connectivity index (χ1) is 7.88. The topological polar surface area (TPSA) is 49.8 Å². The molecule has 0 spiro atoms. The normalized spacial score (nSPS) is 17.1. The monoisotopic (exact) mass is 238 g/mol. The Balaban J connectivity index is 1.83. The number of thioether (sulfide) groups is 1. The Bertz CT molecular complexity index is 326. The summed E-state index contributed by atoms with van der Waals surface area (Å²) in [7, 11) is 1.87. The van der Waals surface area contributed by atoms with Gasteiger partial charge in [-0.15, -0.1) is 0 Å². The summed E-state index contributed by atoms with van der Waals surface area (Å²) in [5.74, 6) is 5.18. The fourth-order valence-corrected chi connectivity index (χ4v) is 2.99. The van der Waals surface area contributed by atoms with E-state index in [0.29, 0.717) is 0 Å². The second-order valence-electron chi connectivity index (χ2n) is 3.98. The fraction of sp³-hybridized carbons (Fsp3) is 0.636. The Labute approximate surface area is 101 Å². The van der Waals surface area contributed by atoms with Gasteiger partial charge in [0, 0.05) is 19.7 Å². The molecule has 2 N–H and O–H groups in total. The average Bonchev–Trinajstić information content (AvgIpc) is 2.38. The molecule has 2 heterocycles. The molecule has 0 aromatic carbocycles. The largest absolute Gasteiger partial charge is 0.373 e. The van der Waals surface area contributed by atoms with Crippen LogP contribution >= 0.6 is 11.8 Å². The summed E-state index contributed by atoms with van der Waals surface area (Å²) in [6, 6.07) is 1.94. The molecular weight excluding hydrogens is 220 g/mol. The summed E-state index contributed by atoms with van der Waals surface area (Å²) in [6.07, 6.45) is 4.23. The lowest BCUT2D eigenvalue weighted by Crippen LogP contribution is -2.19. The van der Waals surface area contributed by atoms with Gasteiger partial charge in [-0.05, 0) is 30.3 Å². The summed E-state index contributed by atoms with van der Waals surface area (Å²) in [6.45, 7) is 1.03. The lowest BCUT2D eigenvalue weighted by molar-refractivity contribution is 0.515. The average molecular weight is 238 g/mol. The quantitative estimate of drug-likeness (QED) is 0.841. The fourth-order valence-electron chi connectivity index (χ4n) is 1.79. The Morgan fingerprint density at radius 2 is 2.06 bits per heavy atom. The second kappa shape index (κ2) is 5.94. The molecule has 4 nitrogen and oxygen atoms in total. The van der Waals surface area contributed by atoms with Crippen LogP contribution in [-0.4, -0.2) is 35.1 Å². The van der Waals surface area contributed by atoms with Crippen molar-refractivity contribution in [3.63, 3.8) is 0 Å². The summed E-state index contributed by atoms with van der Waals surface area (Å²) >= 11 is 2.06. The van der Waals surface area contributed by atoms with E-state index in [0.717, 1.165) is 24.1 Å². The van der Waals surface area contributed by atoms with Crippen molar-refractivity contribution >= 4 is 23.4 Å². The van der Waals surface area contributed by atoms with Gasteiger partial charge in [0.15, 0.2) is 0 Å². The van der Waals surface area contributed by atoms with Crippen LogP contribution in [0.1, 0.15) is 12.8 Å². The number of nitrogens with one attached hydrogen (secondary N) is 2. The highest BCUT2D eigenvalue weighted by atomic mass is 32.2. The van der Waals surface area contributed by atoms with Crippen LogP contribution in [0.5, 0.6) is 0 Å². The minimum Gasteiger partial charge on any atom is -0.373 e. The van der Waals surface area contributed by atoms with E-state index in [9.17, 15) is 0 Å². The molecule has 1 aromatic rings. The number of aromatic nitrogens is 2. The number of anilines is 2. The van der Waals surface area contributed by atoms with Crippen molar-refractivity contribution in [2.75, 3.05) is 35.7 Å². The van der Waals surface area contributed by atoms with E-state index in [1.54, 1.807) is 6.33 Å². The molecule has 0 radical (unpaired) electrons. The van der Waals surface area contributed by atoms with Gasteiger partial charge < -0.3 is 10.6 Å². The number of hydrogen-bond donors (Lipinski definition) is 2. The Morgan fingerprint density at radius 3 is 2.81 bits per heavy atom. The third-order valence-electron chi connectivity index (χ3n) is 2.84. The summed E-state index contributed by atoms with van der Waals surface area (Å²) < 4.78 is 0. The molecule has 0 unspecified atom stereocenters. The maximum Gasteiger partial charge on any atom is 0.131 e. The van der Waals surface area contributed by atoms with Crippen LogP contribution in [0.4, 0.5) is 11.6 Å². The molecular formula is C11H18N4S. The van der Waals surface area contributed by atoms with Crippen molar-refractivity contribution in [3.05, 3.63) is 12.4 Å². The van der Waals surface area contributed by atoms with Gasteiger partial charge in [0.05, 0.1) is 0 Å². The van der Waals surface area contributed by atoms with Gasteiger partial charge in [0.25, 0.3) is 0 Å². The first kappa shape index (κ1) is 11.5. The zero-order chi connectivity index (χ0) is 11.2. The molecule has 2 rings (SSSR count). The molecule has 16 heavy (non-hydrogen) atoms. The molecule has 0 amide bonds. The zero-order valence-corrected chi connectivity index (χ0v) is 10.4. The summed E-state index contributed by atoms with van der Waals surface area (Å²) in [5, 5.41) is 6.40. The predicted molar refractivity (Wildman–Crippen MR) is 70.1 cm³/mol. The molecule has 5 heteroatoms. The smallest absolute Gasteiger partial charge is 0.131 e. The van der Waals surface area contributed by atoms with Crippen molar-refractivity contribution in [2.24, 2.45) is 5.92 Å². The first-order valence-electron chi connectivity index (χ1n) is 5.70. The van der Waals surface area contributed by atoms with Crippen LogP contribution < -0.4 is 10.6 Å².